The average Bonchev–Trinajstić information content (AvgIpc) is 2.31. The second-order valence-electron chi connectivity index (χ2n) is 10.5. The topological polar surface area (TPSA) is 54.5 Å². The smallest absolute Gasteiger partial charge is 0.0691 e. The first-order chi connectivity index (χ1) is 12.1. The van der Waals surface area contributed by atoms with E-state index in [2.05, 4.69) is 97.8 Å². The first kappa shape index (κ1) is 33.9. The molecule has 0 bridgehead atoms. The van der Waals surface area contributed by atoms with Crippen molar-refractivity contribution in [1.82, 2.24) is 0 Å². The van der Waals surface area contributed by atoms with E-state index in [4.69, 9.17) is 14.0 Å². The van der Waals surface area contributed by atoms with E-state index in [-0.39, 0.29) is 5.97 Å². The van der Waals surface area contributed by atoms with E-state index in [1.807, 2.05) is 0 Å². The molecule has 0 radical (unpaired) electrons. The third kappa shape index (κ3) is 34.8. The summed E-state index contributed by atoms with van der Waals surface area (Å²) in [6.45, 7) is 33.4. The summed E-state index contributed by atoms with van der Waals surface area (Å²) < 4.78 is 15.2. The summed E-state index contributed by atoms with van der Waals surface area (Å²) in [7, 11) is -4.42. The van der Waals surface area contributed by atoms with E-state index < -0.39 is 51.9 Å². The summed E-state index contributed by atoms with van der Waals surface area (Å²) in [4.78, 5) is 10.8. The predicted molar refractivity (Wildman–Crippen MR) is 145 cm³/mol. The number of nitrogens with zero attached hydrogens (tertiary/aromatic N) is 2. The van der Waals surface area contributed by atoms with Gasteiger partial charge in [0.05, 0.1) is 0 Å². The summed E-state index contributed by atoms with van der Waals surface area (Å²) in [6.07, 6.45) is 0. The number of carbonyl (C=O) groups excluding carboxylic acids is 1. The molecule has 0 N–H and O–H groups in total. The van der Waals surface area contributed by atoms with Gasteiger partial charge >= 0.3 is 77.2 Å². The molecule has 0 aromatic carbocycles. The third-order valence-electron chi connectivity index (χ3n) is 2.19. The number of hydrogen-bond acceptors (Lipinski definition) is 2. The van der Waals surface area contributed by atoms with Crippen molar-refractivity contribution in [3.63, 3.8) is 0 Å². The van der Waals surface area contributed by atoms with Crippen LogP contribution in [-0.2, 0) is 9.53 Å². The SMILES string of the molecule is C=C([CH2][Sn+2][Br])C(=O)OCC.C[Si](C)(C)[N-][Si](C)(C)C.C[Si](C)(C)[N-][Si](C)(C)C. The van der Waals surface area contributed by atoms with Gasteiger partial charge in [0, 0.05) is 0 Å². The molecule has 0 atom stereocenters. The van der Waals surface area contributed by atoms with Gasteiger partial charge in [0.25, 0.3) is 0 Å². The Labute approximate surface area is 196 Å². The summed E-state index contributed by atoms with van der Waals surface area (Å²) in [6, 6.07) is 0. The Balaban J connectivity index is -0.000000336. The minimum absolute atomic E-state index is 0.247. The van der Waals surface area contributed by atoms with Crippen LogP contribution in [-0.4, -0.2) is 64.4 Å². The number of rotatable bonds is 8. The molecule has 0 amide bonds. The Bertz CT molecular complexity index is 388. The maximum Gasteiger partial charge on any atom is -0.0691 e. The molecule has 0 aromatic heterocycles. The van der Waals surface area contributed by atoms with Crippen LogP contribution in [0, 0.1) is 0 Å². The van der Waals surface area contributed by atoms with Gasteiger partial charge in [-0.05, 0) is 0 Å². The zero-order valence-electron chi connectivity index (χ0n) is 20.7. The Morgan fingerprint density at radius 2 is 1.11 bits per heavy atom. The van der Waals surface area contributed by atoms with Crippen LogP contribution in [0.1, 0.15) is 6.92 Å². The molecule has 28 heavy (non-hydrogen) atoms. The molecule has 0 saturated heterocycles. The van der Waals surface area contributed by atoms with Crippen LogP contribution in [0.3, 0.4) is 0 Å². The van der Waals surface area contributed by atoms with Crippen molar-refractivity contribution < 1.29 is 9.53 Å². The standard InChI is InChI=1S/2C6H18NSi2.C6H9O2.BrH.Sn/c2*1-8(2,3)7-9(4,5)6;1-4-8-6(7)5(2)3;;/h2*1-6H3;2-4H2,1H3;1H;/q2*-1;;;+3/p-1. The van der Waals surface area contributed by atoms with Crippen molar-refractivity contribution in [1.29, 1.82) is 0 Å². The van der Waals surface area contributed by atoms with Crippen LogP contribution in [0.25, 0.3) is 9.30 Å². The summed E-state index contributed by atoms with van der Waals surface area (Å²) in [5.74, 6) is -0.247. The van der Waals surface area contributed by atoms with Crippen LogP contribution in [0.5, 0.6) is 0 Å². The van der Waals surface area contributed by atoms with Crippen molar-refractivity contribution >= 4 is 70.5 Å². The van der Waals surface area contributed by atoms with Crippen LogP contribution >= 0.6 is 12.7 Å². The van der Waals surface area contributed by atoms with E-state index in [0.717, 1.165) is 4.44 Å². The fourth-order valence-corrected chi connectivity index (χ4v) is 21.6. The van der Waals surface area contributed by atoms with Gasteiger partial charge < -0.3 is 9.30 Å². The van der Waals surface area contributed by atoms with Crippen molar-refractivity contribution in [3.8, 4) is 0 Å². The molecule has 0 spiro atoms. The van der Waals surface area contributed by atoms with Gasteiger partial charge in [0.1, 0.15) is 0 Å². The van der Waals surface area contributed by atoms with Gasteiger partial charge in [-0.25, -0.2) is 0 Å². The summed E-state index contributed by atoms with van der Waals surface area (Å²) in [5, 5.41) is 0. The van der Waals surface area contributed by atoms with Gasteiger partial charge in [-0.15, -0.1) is 0 Å². The molecule has 10 heteroatoms. The van der Waals surface area contributed by atoms with Crippen molar-refractivity contribution in [2.45, 2.75) is 89.9 Å². The normalized spacial score (nSPS) is 11.9. The van der Waals surface area contributed by atoms with Crippen LogP contribution in [0.15, 0.2) is 12.2 Å². The number of ether oxygens (including phenoxy) is 1. The van der Waals surface area contributed by atoms with Gasteiger partial charge in [-0.1, -0.05) is 112 Å². The Hall–Kier alpha value is 1.28. The number of carbonyl (C=O) groups is 1. The molecular weight excluding hydrogens is 587 g/mol. The molecule has 0 unspecified atom stereocenters. The minimum Gasteiger partial charge on any atom is -0.668 e. The zero-order valence-corrected chi connectivity index (χ0v) is 29.2. The van der Waals surface area contributed by atoms with Crippen LogP contribution in [0.2, 0.25) is 83.0 Å². The molecule has 0 rings (SSSR count). The number of esters is 1. The Morgan fingerprint density at radius 1 is 0.821 bits per heavy atom. The molecule has 0 aliphatic carbocycles. The van der Waals surface area contributed by atoms with Gasteiger partial charge in [0.2, 0.25) is 0 Å². The largest absolute Gasteiger partial charge is 0.668 e. The second-order valence-corrected chi connectivity index (χ2v) is 35.2. The maximum atomic E-state index is 10.8. The van der Waals surface area contributed by atoms with E-state index in [1.165, 1.54) is 0 Å². The van der Waals surface area contributed by atoms with E-state index in [0.29, 0.717) is 12.2 Å². The third-order valence-corrected chi connectivity index (χ3v) is 16.4. The molecule has 166 valence electrons. The maximum absolute atomic E-state index is 10.8. The molecule has 0 fully saturated rings. The quantitative estimate of drug-likeness (QED) is 0.157. The van der Waals surface area contributed by atoms with E-state index in [9.17, 15) is 4.79 Å². The van der Waals surface area contributed by atoms with Crippen molar-refractivity contribution in [2.24, 2.45) is 0 Å². The second kappa shape index (κ2) is 15.1. The zero-order chi connectivity index (χ0) is 23.4. The predicted octanol–water partition coefficient (Wildman–Crippen LogP) is 7.60. The number of halogens is 1. The summed E-state index contributed by atoms with van der Waals surface area (Å²) >= 11 is 2.86. The Kier molecular flexibility index (Phi) is 18.3. The fourth-order valence-electron chi connectivity index (χ4n) is 2.40. The molecule has 0 heterocycles. The van der Waals surface area contributed by atoms with Crippen LogP contribution < -0.4 is 0 Å². The number of hydrogen-bond donors (Lipinski definition) is 0. The van der Waals surface area contributed by atoms with Crippen molar-refractivity contribution in [2.75, 3.05) is 6.61 Å². The first-order valence-electron chi connectivity index (χ1n) is 9.80. The minimum atomic E-state index is -1.11. The van der Waals surface area contributed by atoms with Gasteiger partial charge in [-0.2, -0.15) is 0 Å². The molecule has 0 aliphatic rings. The monoisotopic (exact) mass is 632 g/mol. The van der Waals surface area contributed by atoms with Gasteiger partial charge in [0.15, 0.2) is 0 Å². The fraction of sp³-hybridized carbons (Fsp3) is 0.833. The molecule has 0 aromatic rings. The summed E-state index contributed by atoms with van der Waals surface area (Å²) in [5.41, 5.74) is 0.602. The van der Waals surface area contributed by atoms with Crippen molar-refractivity contribution in [3.05, 3.63) is 21.4 Å². The molecule has 4 nitrogen and oxygen atoms in total. The van der Waals surface area contributed by atoms with E-state index in [1.54, 1.807) is 6.92 Å². The molecule has 0 aliphatic heterocycles. The van der Waals surface area contributed by atoms with E-state index >= 15 is 0 Å². The molecular formula is C18H45BrN2O2Si4Sn. The van der Waals surface area contributed by atoms with Crippen LogP contribution in [0.4, 0.5) is 0 Å². The average molecular weight is 633 g/mol. The Morgan fingerprint density at radius 3 is 1.25 bits per heavy atom. The first-order valence-corrected chi connectivity index (χ1v) is 32.0. The van der Waals surface area contributed by atoms with Gasteiger partial charge in [-0.3, -0.25) is 0 Å². The molecule has 0 saturated carbocycles.